The van der Waals surface area contributed by atoms with E-state index in [1.165, 1.54) is 18.2 Å². The molecule has 1 fully saturated rings. The molecule has 0 unspecified atom stereocenters. The molecule has 1 aromatic rings. The Morgan fingerprint density at radius 2 is 2.14 bits per heavy atom. The molecule has 0 aliphatic heterocycles. The summed E-state index contributed by atoms with van der Waals surface area (Å²) in [5.41, 5.74) is 0.0842. The van der Waals surface area contributed by atoms with Gasteiger partial charge >= 0.3 is 12.0 Å². The van der Waals surface area contributed by atoms with Gasteiger partial charge in [-0.15, -0.1) is 0 Å². The number of hydrogen-bond donors (Lipinski definition) is 3. The first-order valence-electron chi connectivity index (χ1n) is 6.65. The lowest BCUT2D eigenvalue weighted by Gasteiger charge is -2.22. The summed E-state index contributed by atoms with van der Waals surface area (Å²) in [6.45, 7) is 0.927. The van der Waals surface area contributed by atoms with E-state index in [-0.39, 0.29) is 23.4 Å². The number of aromatic hydroxyl groups is 1. The largest absolute Gasteiger partial charge is 0.507 e. The van der Waals surface area contributed by atoms with E-state index in [2.05, 4.69) is 5.32 Å². The van der Waals surface area contributed by atoms with Gasteiger partial charge in [-0.05, 0) is 31.0 Å². The molecule has 1 aromatic carbocycles. The van der Waals surface area contributed by atoms with Crippen LogP contribution in [0.2, 0.25) is 0 Å². The number of nitrogens with one attached hydrogen (secondary N) is 1. The van der Waals surface area contributed by atoms with Crippen LogP contribution >= 0.6 is 0 Å². The first kappa shape index (κ1) is 15.1. The molecule has 1 saturated carbocycles. The number of aromatic carboxylic acids is 1. The lowest BCUT2D eigenvalue weighted by molar-refractivity contribution is 0.0693. The van der Waals surface area contributed by atoms with Crippen LogP contribution < -0.4 is 5.32 Å². The van der Waals surface area contributed by atoms with Crippen LogP contribution in [0.1, 0.15) is 23.2 Å². The van der Waals surface area contributed by atoms with Crippen LogP contribution in [0, 0.1) is 0 Å². The fourth-order valence-electron chi connectivity index (χ4n) is 2.01. The Bertz CT molecular complexity index is 542. The van der Waals surface area contributed by atoms with Crippen molar-refractivity contribution in [3.05, 3.63) is 23.8 Å². The van der Waals surface area contributed by atoms with E-state index in [4.69, 9.17) is 9.84 Å². The zero-order valence-corrected chi connectivity index (χ0v) is 11.7. The molecule has 0 bridgehead atoms. The van der Waals surface area contributed by atoms with E-state index < -0.39 is 5.97 Å². The molecule has 114 valence electrons. The summed E-state index contributed by atoms with van der Waals surface area (Å²) >= 11 is 0. The molecule has 1 aliphatic carbocycles. The Kier molecular flexibility index (Phi) is 4.64. The van der Waals surface area contributed by atoms with E-state index in [0.717, 1.165) is 12.8 Å². The number of ether oxygens (including phenoxy) is 1. The SMILES string of the molecule is COCCN(C(=O)Nc1ccc(O)c(C(=O)O)c1)C1CC1. The van der Waals surface area contributed by atoms with Crippen LogP contribution in [0.25, 0.3) is 0 Å². The van der Waals surface area contributed by atoms with Gasteiger partial charge in [0.15, 0.2) is 0 Å². The lowest BCUT2D eigenvalue weighted by Crippen LogP contribution is -2.39. The molecular formula is C14H18N2O5. The number of methoxy groups -OCH3 is 1. The molecule has 7 nitrogen and oxygen atoms in total. The summed E-state index contributed by atoms with van der Waals surface area (Å²) in [5, 5.41) is 21.0. The maximum Gasteiger partial charge on any atom is 0.339 e. The van der Waals surface area contributed by atoms with E-state index in [0.29, 0.717) is 18.8 Å². The number of carboxylic acid groups (broad SMARTS) is 1. The van der Waals surface area contributed by atoms with Crippen LogP contribution in [0.3, 0.4) is 0 Å². The lowest BCUT2D eigenvalue weighted by atomic mass is 10.2. The molecular weight excluding hydrogens is 276 g/mol. The van der Waals surface area contributed by atoms with Crippen molar-refractivity contribution < 1.29 is 24.5 Å². The minimum absolute atomic E-state index is 0.219. The Morgan fingerprint density at radius 3 is 2.71 bits per heavy atom. The monoisotopic (exact) mass is 294 g/mol. The third-order valence-corrected chi connectivity index (χ3v) is 3.26. The summed E-state index contributed by atoms with van der Waals surface area (Å²) in [6, 6.07) is 3.86. The number of amides is 2. The molecule has 0 atom stereocenters. The summed E-state index contributed by atoms with van der Waals surface area (Å²) in [6.07, 6.45) is 1.93. The van der Waals surface area contributed by atoms with Crippen LogP contribution in [-0.2, 0) is 4.74 Å². The third kappa shape index (κ3) is 3.85. The highest BCUT2D eigenvalue weighted by Gasteiger charge is 2.32. The molecule has 2 rings (SSSR count). The van der Waals surface area contributed by atoms with Gasteiger partial charge in [0, 0.05) is 25.4 Å². The molecule has 1 aliphatic rings. The predicted molar refractivity (Wildman–Crippen MR) is 75.7 cm³/mol. The Hall–Kier alpha value is -2.28. The quantitative estimate of drug-likeness (QED) is 0.694. The molecule has 0 aromatic heterocycles. The number of carbonyl (C=O) groups is 2. The Morgan fingerprint density at radius 1 is 1.43 bits per heavy atom. The van der Waals surface area contributed by atoms with E-state index in [9.17, 15) is 14.7 Å². The second-order valence-corrected chi connectivity index (χ2v) is 4.88. The fraction of sp³-hybridized carbons (Fsp3) is 0.429. The number of benzene rings is 1. The van der Waals surface area contributed by atoms with Crippen molar-refractivity contribution in [2.45, 2.75) is 18.9 Å². The van der Waals surface area contributed by atoms with Crippen molar-refractivity contribution in [3.8, 4) is 5.75 Å². The van der Waals surface area contributed by atoms with Crippen molar-refractivity contribution in [1.29, 1.82) is 0 Å². The van der Waals surface area contributed by atoms with Crippen molar-refractivity contribution in [3.63, 3.8) is 0 Å². The van der Waals surface area contributed by atoms with Gasteiger partial charge in [-0.2, -0.15) is 0 Å². The van der Waals surface area contributed by atoms with Gasteiger partial charge in [0.1, 0.15) is 11.3 Å². The highest BCUT2D eigenvalue weighted by atomic mass is 16.5. The molecule has 0 heterocycles. The number of hydrogen-bond acceptors (Lipinski definition) is 4. The minimum Gasteiger partial charge on any atom is -0.507 e. The molecule has 7 heteroatoms. The number of carbonyl (C=O) groups excluding carboxylic acids is 1. The van der Waals surface area contributed by atoms with Gasteiger partial charge < -0.3 is 25.2 Å². The second kappa shape index (κ2) is 6.45. The van der Waals surface area contributed by atoms with E-state index >= 15 is 0 Å². The summed E-state index contributed by atoms with van der Waals surface area (Å²) in [7, 11) is 1.57. The number of anilines is 1. The standard InChI is InChI=1S/C14H18N2O5/c1-21-7-6-16(10-3-4-10)14(20)15-9-2-5-12(17)11(8-9)13(18)19/h2,5,8,10,17H,3-4,6-7H2,1H3,(H,15,20)(H,18,19). The predicted octanol–water partition coefficient (Wildman–Crippen LogP) is 1.73. The number of carboxylic acids is 1. The van der Waals surface area contributed by atoms with Crippen LogP contribution in [0.4, 0.5) is 10.5 Å². The Balaban J connectivity index is 2.07. The first-order chi connectivity index (χ1) is 10.0. The maximum atomic E-state index is 12.2. The minimum atomic E-state index is -1.25. The van der Waals surface area contributed by atoms with Crippen molar-refractivity contribution in [2.75, 3.05) is 25.6 Å². The van der Waals surface area contributed by atoms with E-state index in [1.807, 2.05) is 0 Å². The Labute approximate surface area is 122 Å². The van der Waals surface area contributed by atoms with Crippen molar-refractivity contribution >= 4 is 17.7 Å². The smallest absolute Gasteiger partial charge is 0.339 e. The van der Waals surface area contributed by atoms with Gasteiger partial charge in [-0.25, -0.2) is 9.59 Å². The summed E-state index contributed by atoms with van der Waals surface area (Å²) < 4.78 is 4.98. The molecule has 0 radical (unpaired) electrons. The second-order valence-electron chi connectivity index (χ2n) is 4.88. The molecule has 0 saturated heterocycles. The average Bonchev–Trinajstić information content (AvgIpc) is 3.25. The van der Waals surface area contributed by atoms with Gasteiger partial charge in [-0.1, -0.05) is 0 Å². The average molecular weight is 294 g/mol. The molecule has 21 heavy (non-hydrogen) atoms. The third-order valence-electron chi connectivity index (χ3n) is 3.26. The van der Waals surface area contributed by atoms with Gasteiger partial charge in [0.05, 0.1) is 6.61 Å². The zero-order chi connectivity index (χ0) is 15.4. The fourth-order valence-corrected chi connectivity index (χ4v) is 2.01. The highest BCUT2D eigenvalue weighted by Crippen LogP contribution is 2.28. The number of urea groups is 1. The zero-order valence-electron chi connectivity index (χ0n) is 11.7. The number of rotatable bonds is 6. The first-order valence-corrected chi connectivity index (χ1v) is 6.65. The maximum absolute atomic E-state index is 12.2. The van der Waals surface area contributed by atoms with Gasteiger partial charge in [0.25, 0.3) is 0 Å². The van der Waals surface area contributed by atoms with E-state index in [1.54, 1.807) is 12.0 Å². The molecule has 3 N–H and O–H groups in total. The van der Waals surface area contributed by atoms with Gasteiger partial charge in [0.2, 0.25) is 0 Å². The molecule has 2 amide bonds. The van der Waals surface area contributed by atoms with Gasteiger partial charge in [-0.3, -0.25) is 0 Å². The van der Waals surface area contributed by atoms with Crippen molar-refractivity contribution in [2.24, 2.45) is 0 Å². The summed E-state index contributed by atoms with van der Waals surface area (Å²) in [5.74, 6) is -1.58. The summed E-state index contributed by atoms with van der Waals surface area (Å²) in [4.78, 5) is 24.8. The van der Waals surface area contributed by atoms with Crippen LogP contribution in [-0.4, -0.2) is 53.4 Å². The van der Waals surface area contributed by atoms with Crippen molar-refractivity contribution in [1.82, 2.24) is 4.90 Å². The van der Waals surface area contributed by atoms with Crippen LogP contribution in [0.15, 0.2) is 18.2 Å². The topological polar surface area (TPSA) is 99.1 Å². The highest BCUT2D eigenvalue weighted by molar-refractivity contribution is 5.95. The molecule has 0 spiro atoms. The number of nitrogens with zero attached hydrogens (tertiary/aromatic N) is 1. The number of phenols is 1. The normalized spacial score (nSPS) is 13.8. The van der Waals surface area contributed by atoms with Crippen LogP contribution in [0.5, 0.6) is 5.75 Å².